The van der Waals surface area contributed by atoms with Gasteiger partial charge in [0.1, 0.15) is 5.00 Å². The summed E-state index contributed by atoms with van der Waals surface area (Å²) in [6.07, 6.45) is 5.42. The Hall–Kier alpha value is -1.92. The second kappa shape index (κ2) is 9.26. The average Bonchev–Trinajstić information content (AvgIpc) is 2.82. The molecule has 0 unspecified atom stereocenters. The lowest BCUT2D eigenvalue weighted by atomic mass is 9.86. The summed E-state index contributed by atoms with van der Waals surface area (Å²) in [5.41, 5.74) is 3.98. The normalized spacial score (nSPS) is 13.9. The zero-order valence-electron chi connectivity index (χ0n) is 17.7. The molecule has 0 amide bonds. The third kappa shape index (κ3) is 5.17. The minimum Gasteiger partial charge on any atom is -0.462 e. The quantitative estimate of drug-likeness (QED) is 0.339. The van der Waals surface area contributed by atoms with E-state index in [0.717, 1.165) is 41.9 Å². The first-order chi connectivity index (χ1) is 13.8. The van der Waals surface area contributed by atoms with E-state index >= 15 is 0 Å². The van der Waals surface area contributed by atoms with Crippen molar-refractivity contribution in [2.24, 2.45) is 0 Å². The molecule has 2 aromatic rings. The first-order valence-electron chi connectivity index (χ1n) is 10.3. The molecule has 6 heteroatoms. The molecule has 0 aliphatic heterocycles. The number of carbonyl (C=O) groups excluding carboxylic acids is 1. The zero-order chi connectivity index (χ0) is 21.0. The average molecular weight is 431 g/mol. The molecule has 3 rings (SSSR count). The number of esters is 1. The fraction of sp³-hybridized carbons (Fsp3) is 0.478. The van der Waals surface area contributed by atoms with E-state index in [1.807, 2.05) is 25.1 Å². The van der Waals surface area contributed by atoms with Gasteiger partial charge in [-0.2, -0.15) is 0 Å². The first kappa shape index (κ1) is 21.8. The minimum atomic E-state index is -0.257. The molecule has 0 fully saturated rings. The molecule has 0 bridgehead atoms. The number of anilines is 2. The Morgan fingerprint density at radius 1 is 1.14 bits per heavy atom. The van der Waals surface area contributed by atoms with Crippen molar-refractivity contribution in [3.05, 3.63) is 45.8 Å². The van der Waals surface area contributed by atoms with Gasteiger partial charge in [-0.1, -0.05) is 45.4 Å². The van der Waals surface area contributed by atoms with Gasteiger partial charge in [0.05, 0.1) is 12.2 Å². The number of hydrogen-bond acceptors (Lipinski definition) is 4. The summed E-state index contributed by atoms with van der Waals surface area (Å²) in [6, 6.07) is 8.18. The molecule has 4 nitrogen and oxygen atoms in total. The monoisotopic (exact) mass is 430 g/mol. The summed E-state index contributed by atoms with van der Waals surface area (Å²) < 4.78 is 5.36. The highest BCUT2D eigenvalue weighted by atomic mass is 32.1. The van der Waals surface area contributed by atoms with E-state index in [1.54, 1.807) is 11.3 Å². The van der Waals surface area contributed by atoms with Crippen molar-refractivity contribution in [3.63, 3.8) is 0 Å². The van der Waals surface area contributed by atoms with Crippen LogP contribution in [0.25, 0.3) is 0 Å². The van der Waals surface area contributed by atoms with E-state index in [1.165, 1.54) is 16.9 Å². The number of aryl methyl sites for hydroxylation is 1. The van der Waals surface area contributed by atoms with E-state index in [9.17, 15) is 4.79 Å². The third-order valence-electron chi connectivity index (χ3n) is 5.11. The molecule has 0 atom stereocenters. The number of para-hydroxylation sites is 1. The SMILES string of the molecule is CCOC(=O)c1c(NC(=S)Nc2ccccc2C(C)(C)C)sc2c1CCCCC2. The van der Waals surface area contributed by atoms with Crippen molar-refractivity contribution in [2.45, 2.75) is 65.2 Å². The summed E-state index contributed by atoms with van der Waals surface area (Å²) in [5, 5.41) is 7.91. The van der Waals surface area contributed by atoms with Crippen LogP contribution in [0, 0.1) is 0 Å². The van der Waals surface area contributed by atoms with Crippen LogP contribution >= 0.6 is 23.6 Å². The molecule has 29 heavy (non-hydrogen) atoms. The molecule has 1 heterocycles. The number of fused-ring (bicyclic) bond motifs is 1. The van der Waals surface area contributed by atoms with Crippen LogP contribution in [0.1, 0.15) is 73.3 Å². The van der Waals surface area contributed by atoms with Crippen LogP contribution < -0.4 is 10.6 Å². The number of ether oxygens (including phenoxy) is 1. The highest BCUT2D eigenvalue weighted by molar-refractivity contribution is 7.80. The Bertz CT molecular complexity index is 897. The molecule has 1 aromatic heterocycles. The molecule has 156 valence electrons. The number of carbonyl (C=O) groups is 1. The molecule has 1 aromatic carbocycles. The Morgan fingerprint density at radius 3 is 2.59 bits per heavy atom. The topological polar surface area (TPSA) is 50.4 Å². The highest BCUT2D eigenvalue weighted by Gasteiger charge is 2.26. The second-order valence-electron chi connectivity index (χ2n) is 8.36. The van der Waals surface area contributed by atoms with Crippen LogP contribution in [-0.2, 0) is 23.0 Å². The number of nitrogens with one attached hydrogen (secondary N) is 2. The lowest BCUT2D eigenvalue weighted by Gasteiger charge is -2.23. The van der Waals surface area contributed by atoms with Crippen molar-refractivity contribution in [3.8, 4) is 0 Å². The number of thiophene rings is 1. The Kier molecular flexibility index (Phi) is 6.96. The van der Waals surface area contributed by atoms with Gasteiger partial charge in [0.2, 0.25) is 0 Å². The molecule has 1 aliphatic rings. The Balaban J connectivity index is 1.87. The number of thiocarbonyl (C=S) groups is 1. The van der Waals surface area contributed by atoms with Gasteiger partial charge < -0.3 is 15.4 Å². The summed E-state index contributed by atoms with van der Waals surface area (Å²) in [4.78, 5) is 14.0. The lowest BCUT2D eigenvalue weighted by molar-refractivity contribution is 0.0527. The predicted molar refractivity (Wildman–Crippen MR) is 127 cm³/mol. The molecule has 0 saturated carbocycles. The first-order valence-corrected chi connectivity index (χ1v) is 11.5. The van der Waals surface area contributed by atoms with E-state index in [-0.39, 0.29) is 11.4 Å². The van der Waals surface area contributed by atoms with Crippen molar-refractivity contribution in [1.82, 2.24) is 0 Å². The Labute approximate surface area is 183 Å². The van der Waals surface area contributed by atoms with Crippen molar-refractivity contribution >= 4 is 45.3 Å². The van der Waals surface area contributed by atoms with Crippen LogP contribution in [0.4, 0.5) is 10.7 Å². The number of hydrogen-bond donors (Lipinski definition) is 2. The summed E-state index contributed by atoms with van der Waals surface area (Å²) >= 11 is 7.25. The van der Waals surface area contributed by atoms with E-state index < -0.39 is 0 Å². The predicted octanol–water partition coefficient (Wildman–Crippen LogP) is 6.30. The van der Waals surface area contributed by atoms with E-state index in [0.29, 0.717) is 17.3 Å². The van der Waals surface area contributed by atoms with E-state index in [2.05, 4.69) is 37.5 Å². The van der Waals surface area contributed by atoms with Crippen molar-refractivity contribution < 1.29 is 9.53 Å². The molecule has 2 N–H and O–H groups in total. The molecular formula is C23H30N2O2S2. The Morgan fingerprint density at radius 2 is 1.86 bits per heavy atom. The summed E-state index contributed by atoms with van der Waals surface area (Å²) in [6.45, 7) is 8.74. The van der Waals surface area contributed by atoms with Gasteiger partial charge in [-0.3, -0.25) is 0 Å². The van der Waals surface area contributed by atoms with Crippen molar-refractivity contribution in [2.75, 3.05) is 17.2 Å². The van der Waals surface area contributed by atoms with Gasteiger partial charge in [0.25, 0.3) is 0 Å². The number of benzene rings is 1. The van der Waals surface area contributed by atoms with Gasteiger partial charge in [0.15, 0.2) is 5.11 Å². The molecule has 0 radical (unpaired) electrons. The standard InChI is InChI=1S/C23H30N2O2S2/c1-5-27-21(26)19-15-11-7-6-8-14-18(15)29-20(19)25-22(28)24-17-13-10-9-12-16(17)23(2,3)4/h9-10,12-13H,5-8,11,14H2,1-4H3,(H2,24,25,28). The number of rotatable bonds is 4. The van der Waals surface area contributed by atoms with E-state index in [4.69, 9.17) is 17.0 Å². The van der Waals surface area contributed by atoms with Gasteiger partial charge in [0, 0.05) is 10.6 Å². The molecular weight excluding hydrogens is 400 g/mol. The van der Waals surface area contributed by atoms with Crippen LogP contribution in [0.15, 0.2) is 24.3 Å². The second-order valence-corrected chi connectivity index (χ2v) is 9.88. The largest absolute Gasteiger partial charge is 0.462 e. The van der Waals surface area contributed by atoms with Gasteiger partial charge >= 0.3 is 5.97 Å². The smallest absolute Gasteiger partial charge is 0.341 e. The maximum absolute atomic E-state index is 12.7. The summed E-state index contributed by atoms with van der Waals surface area (Å²) in [5.74, 6) is -0.257. The van der Waals surface area contributed by atoms with Crippen LogP contribution in [0.2, 0.25) is 0 Å². The third-order valence-corrected chi connectivity index (χ3v) is 6.52. The fourth-order valence-corrected chi connectivity index (χ4v) is 5.31. The van der Waals surface area contributed by atoms with Crippen LogP contribution in [-0.4, -0.2) is 17.7 Å². The van der Waals surface area contributed by atoms with Crippen LogP contribution in [0.5, 0.6) is 0 Å². The van der Waals surface area contributed by atoms with Gasteiger partial charge in [-0.05, 0) is 67.4 Å². The van der Waals surface area contributed by atoms with Gasteiger partial charge in [-0.25, -0.2) is 4.79 Å². The summed E-state index contributed by atoms with van der Waals surface area (Å²) in [7, 11) is 0. The zero-order valence-corrected chi connectivity index (χ0v) is 19.3. The van der Waals surface area contributed by atoms with Crippen molar-refractivity contribution in [1.29, 1.82) is 0 Å². The molecule has 1 aliphatic carbocycles. The highest BCUT2D eigenvalue weighted by Crippen LogP contribution is 2.38. The van der Waals surface area contributed by atoms with Gasteiger partial charge in [-0.15, -0.1) is 11.3 Å². The minimum absolute atomic E-state index is 0.00439. The molecule has 0 spiro atoms. The maximum Gasteiger partial charge on any atom is 0.341 e. The molecule has 0 saturated heterocycles. The maximum atomic E-state index is 12.7. The fourth-order valence-electron chi connectivity index (χ4n) is 3.75. The lowest BCUT2D eigenvalue weighted by Crippen LogP contribution is -2.23. The van der Waals surface area contributed by atoms with Crippen LogP contribution in [0.3, 0.4) is 0 Å².